The monoisotopic (exact) mass is 378 g/mol. The van der Waals surface area contributed by atoms with Gasteiger partial charge in [0.1, 0.15) is 18.2 Å². The van der Waals surface area contributed by atoms with Gasteiger partial charge in [0.15, 0.2) is 0 Å². The number of nitrogens with one attached hydrogen (secondary N) is 1. The zero-order valence-electron chi connectivity index (χ0n) is 15.5. The molecule has 4 nitrogen and oxygen atoms in total. The van der Waals surface area contributed by atoms with Crippen LogP contribution in [0.2, 0.25) is 0 Å². The van der Waals surface area contributed by atoms with Crippen LogP contribution in [-0.4, -0.2) is 25.6 Å². The Morgan fingerprint density at radius 1 is 0.929 bits per heavy atom. The van der Waals surface area contributed by atoms with E-state index >= 15 is 0 Å². The number of hydrogen-bond acceptors (Lipinski definition) is 3. The predicted molar refractivity (Wildman–Crippen MR) is 109 cm³/mol. The summed E-state index contributed by atoms with van der Waals surface area (Å²) in [6.45, 7) is 1.97. The van der Waals surface area contributed by atoms with Crippen molar-refractivity contribution >= 4 is 5.91 Å². The van der Waals surface area contributed by atoms with Crippen molar-refractivity contribution in [2.45, 2.75) is 6.42 Å². The maximum absolute atomic E-state index is 13.1. The second-order valence-electron chi connectivity index (χ2n) is 6.45. The van der Waals surface area contributed by atoms with Gasteiger partial charge in [-0.05, 0) is 66.1 Å². The van der Waals surface area contributed by atoms with Crippen LogP contribution in [-0.2, 0) is 6.42 Å². The molecular formula is C23H23FN2O2. The third kappa shape index (κ3) is 5.66. The molecule has 0 aliphatic carbocycles. The maximum atomic E-state index is 13.1. The molecule has 5 heteroatoms. The Balaban J connectivity index is 1.47. The Morgan fingerprint density at radius 2 is 1.68 bits per heavy atom. The molecule has 3 aromatic rings. The second kappa shape index (κ2) is 9.67. The lowest BCUT2D eigenvalue weighted by Gasteiger charge is -2.10. The highest BCUT2D eigenvalue weighted by atomic mass is 19.1. The SMILES string of the molecule is NC(=O)c1cccc(-c2cccc(OCCNCCc3cccc(F)c3)c2)c1. The van der Waals surface area contributed by atoms with Crippen molar-refractivity contribution in [1.29, 1.82) is 0 Å². The molecule has 0 heterocycles. The molecule has 3 rings (SSSR count). The van der Waals surface area contributed by atoms with E-state index in [9.17, 15) is 9.18 Å². The molecule has 144 valence electrons. The Bertz CT molecular complexity index is 943. The first kappa shape index (κ1) is 19.6. The normalized spacial score (nSPS) is 10.6. The van der Waals surface area contributed by atoms with Crippen molar-refractivity contribution in [2.75, 3.05) is 19.7 Å². The number of benzene rings is 3. The standard InChI is InChI=1S/C23H23FN2O2/c24-21-8-1-4-17(14-21)10-11-26-12-13-28-22-9-3-6-19(16-22)18-5-2-7-20(15-18)23(25)27/h1-9,14-16,26H,10-13H2,(H2,25,27). The largest absolute Gasteiger partial charge is 0.492 e. The van der Waals surface area contributed by atoms with Gasteiger partial charge in [-0.3, -0.25) is 4.79 Å². The summed E-state index contributed by atoms with van der Waals surface area (Å²) in [4.78, 5) is 11.4. The van der Waals surface area contributed by atoms with Gasteiger partial charge in [-0.15, -0.1) is 0 Å². The molecule has 0 saturated heterocycles. The van der Waals surface area contributed by atoms with Crippen molar-refractivity contribution in [1.82, 2.24) is 5.32 Å². The zero-order valence-corrected chi connectivity index (χ0v) is 15.5. The maximum Gasteiger partial charge on any atom is 0.248 e. The van der Waals surface area contributed by atoms with Crippen LogP contribution in [0.5, 0.6) is 5.75 Å². The summed E-state index contributed by atoms with van der Waals surface area (Å²) in [6.07, 6.45) is 0.767. The van der Waals surface area contributed by atoms with Crippen LogP contribution >= 0.6 is 0 Å². The predicted octanol–water partition coefficient (Wildman–Crippen LogP) is 3.80. The fraction of sp³-hybridized carbons (Fsp3) is 0.174. The molecule has 0 aromatic heterocycles. The highest BCUT2D eigenvalue weighted by Gasteiger charge is 2.04. The third-order valence-electron chi connectivity index (χ3n) is 4.34. The van der Waals surface area contributed by atoms with Crippen LogP contribution in [0, 0.1) is 5.82 Å². The van der Waals surface area contributed by atoms with E-state index in [1.165, 1.54) is 6.07 Å². The number of amides is 1. The lowest BCUT2D eigenvalue weighted by atomic mass is 10.0. The zero-order chi connectivity index (χ0) is 19.8. The molecule has 3 N–H and O–H groups in total. The van der Waals surface area contributed by atoms with Crippen LogP contribution in [0.3, 0.4) is 0 Å². The molecule has 28 heavy (non-hydrogen) atoms. The molecule has 1 amide bonds. The molecule has 0 atom stereocenters. The highest BCUT2D eigenvalue weighted by Crippen LogP contribution is 2.24. The molecule has 0 bridgehead atoms. The molecule has 0 saturated carbocycles. The van der Waals surface area contributed by atoms with E-state index in [-0.39, 0.29) is 5.82 Å². The summed E-state index contributed by atoms with van der Waals surface area (Å²) < 4.78 is 18.9. The fourth-order valence-electron chi connectivity index (χ4n) is 2.91. The summed E-state index contributed by atoms with van der Waals surface area (Å²) in [5.74, 6) is 0.106. The number of carbonyl (C=O) groups is 1. The van der Waals surface area contributed by atoms with Crippen LogP contribution in [0.4, 0.5) is 4.39 Å². The van der Waals surface area contributed by atoms with Gasteiger partial charge in [0, 0.05) is 12.1 Å². The van der Waals surface area contributed by atoms with Gasteiger partial charge < -0.3 is 15.8 Å². The Labute approximate surface area is 164 Å². The molecule has 0 fully saturated rings. The molecule has 3 aromatic carbocycles. The number of halogens is 1. The number of carbonyl (C=O) groups excluding carboxylic acids is 1. The van der Waals surface area contributed by atoms with Crippen LogP contribution in [0.25, 0.3) is 11.1 Å². The molecule has 0 aliphatic rings. The van der Waals surface area contributed by atoms with E-state index in [4.69, 9.17) is 10.5 Å². The number of nitrogens with two attached hydrogens (primary N) is 1. The van der Waals surface area contributed by atoms with Crippen molar-refractivity contribution < 1.29 is 13.9 Å². The third-order valence-corrected chi connectivity index (χ3v) is 4.34. The minimum atomic E-state index is -0.446. The topological polar surface area (TPSA) is 64.4 Å². The van der Waals surface area contributed by atoms with Gasteiger partial charge >= 0.3 is 0 Å². The second-order valence-corrected chi connectivity index (χ2v) is 6.45. The lowest BCUT2D eigenvalue weighted by Crippen LogP contribution is -2.23. The van der Waals surface area contributed by atoms with Crippen molar-refractivity contribution in [2.24, 2.45) is 5.73 Å². The van der Waals surface area contributed by atoms with E-state index in [1.807, 2.05) is 42.5 Å². The summed E-state index contributed by atoms with van der Waals surface area (Å²) in [6, 6.07) is 21.6. The average molecular weight is 378 g/mol. The number of hydrogen-bond donors (Lipinski definition) is 2. The smallest absolute Gasteiger partial charge is 0.248 e. The average Bonchev–Trinajstić information content (AvgIpc) is 2.71. The van der Waals surface area contributed by atoms with E-state index in [2.05, 4.69) is 5.32 Å². The van der Waals surface area contributed by atoms with Crippen molar-refractivity contribution in [3.05, 3.63) is 89.7 Å². The van der Waals surface area contributed by atoms with E-state index in [0.29, 0.717) is 18.7 Å². The number of ether oxygens (including phenoxy) is 1. The van der Waals surface area contributed by atoms with Gasteiger partial charge in [-0.25, -0.2) is 4.39 Å². The van der Waals surface area contributed by atoms with Crippen LogP contribution in [0.1, 0.15) is 15.9 Å². The summed E-state index contributed by atoms with van der Waals surface area (Å²) in [5, 5.41) is 3.29. The first-order valence-electron chi connectivity index (χ1n) is 9.20. The van der Waals surface area contributed by atoms with Gasteiger partial charge in [-0.2, -0.15) is 0 Å². The first-order chi connectivity index (χ1) is 13.6. The van der Waals surface area contributed by atoms with Gasteiger partial charge in [0.2, 0.25) is 5.91 Å². The van der Waals surface area contributed by atoms with Gasteiger partial charge in [0.05, 0.1) is 0 Å². The molecular weight excluding hydrogens is 355 g/mol. The minimum absolute atomic E-state index is 0.206. The summed E-state index contributed by atoms with van der Waals surface area (Å²) in [7, 11) is 0. The van der Waals surface area contributed by atoms with E-state index in [1.54, 1.807) is 24.3 Å². The van der Waals surface area contributed by atoms with E-state index < -0.39 is 5.91 Å². The van der Waals surface area contributed by atoms with Crippen molar-refractivity contribution in [3.63, 3.8) is 0 Å². The van der Waals surface area contributed by atoms with Crippen molar-refractivity contribution in [3.8, 4) is 16.9 Å². The number of rotatable bonds is 9. The summed E-state index contributed by atoms with van der Waals surface area (Å²) >= 11 is 0. The van der Waals surface area contributed by atoms with Crippen LogP contribution < -0.4 is 15.8 Å². The first-order valence-corrected chi connectivity index (χ1v) is 9.20. The fourth-order valence-corrected chi connectivity index (χ4v) is 2.91. The molecule has 0 spiro atoms. The van der Waals surface area contributed by atoms with Crippen LogP contribution in [0.15, 0.2) is 72.8 Å². The van der Waals surface area contributed by atoms with Gasteiger partial charge in [0.25, 0.3) is 0 Å². The molecule has 0 unspecified atom stereocenters. The Hall–Kier alpha value is -3.18. The van der Waals surface area contributed by atoms with E-state index in [0.717, 1.165) is 35.4 Å². The Morgan fingerprint density at radius 3 is 2.46 bits per heavy atom. The lowest BCUT2D eigenvalue weighted by molar-refractivity contribution is 0.100. The quantitative estimate of drug-likeness (QED) is 0.557. The molecule has 0 radical (unpaired) electrons. The number of primary amides is 1. The molecule has 0 aliphatic heterocycles. The Kier molecular flexibility index (Phi) is 6.76. The summed E-state index contributed by atoms with van der Waals surface area (Å²) in [5.41, 5.74) is 8.67. The minimum Gasteiger partial charge on any atom is -0.492 e. The van der Waals surface area contributed by atoms with Gasteiger partial charge in [-0.1, -0.05) is 36.4 Å². The highest BCUT2D eigenvalue weighted by molar-refractivity contribution is 5.94.